The smallest absolute Gasteiger partial charge is 0.242 e. The van der Waals surface area contributed by atoms with E-state index in [0.717, 1.165) is 22.4 Å². The summed E-state index contributed by atoms with van der Waals surface area (Å²) in [5, 5.41) is 6.85. The van der Waals surface area contributed by atoms with Crippen LogP contribution in [0.15, 0.2) is 47.0 Å². The topological polar surface area (TPSA) is 29.9 Å². The molecular weight excluding hydrogens is 356 g/mol. The van der Waals surface area contributed by atoms with Gasteiger partial charge in [0.05, 0.1) is 11.8 Å². The lowest BCUT2D eigenvalue weighted by molar-refractivity contribution is -0.720. The average Bonchev–Trinajstić information content (AvgIpc) is 3.04. The molecule has 0 spiro atoms. The van der Waals surface area contributed by atoms with Gasteiger partial charge in [-0.25, -0.2) is 0 Å². The van der Waals surface area contributed by atoms with E-state index >= 15 is 0 Å². The van der Waals surface area contributed by atoms with Gasteiger partial charge in [-0.1, -0.05) is 56.6 Å². The van der Waals surface area contributed by atoms with Gasteiger partial charge in [0.15, 0.2) is 7.05 Å². The van der Waals surface area contributed by atoms with Gasteiger partial charge in [-0.15, -0.1) is 0 Å². The van der Waals surface area contributed by atoms with E-state index in [4.69, 9.17) is 4.42 Å². The molecule has 0 aliphatic heterocycles. The predicted octanol–water partition coefficient (Wildman–Crippen LogP) is 6.13. The van der Waals surface area contributed by atoms with Gasteiger partial charge in [0.1, 0.15) is 11.2 Å². The fourth-order valence-electron chi connectivity index (χ4n) is 5.13. The largest absolute Gasteiger partial charge is 0.455 e. The number of fused-ring (bicyclic) bond motifs is 5. The lowest BCUT2D eigenvalue weighted by Crippen LogP contribution is -2.35. The van der Waals surface area contributed by atoms with Crippen LogP contribution < -0.4 is 4.68 Å². The highest BCUT2D eigenvalue weighted by atomic mass is 16.3. The van der Waals surface area contributed by atoms with Crippen molar-refractivity contribution in [1.29, 1.82) is 0 Å². The van der Waals surface area contributed by atoms with Crippen LogP contribution in [0, 0.1) is 6.92 Å². The Balaban J connectivity index is 1.93. The van der Waals surface area contributed by atoms with E-state index in [-0.39, 0.29) is 10.8 Å². The molecule has 0 unspecified atom stereocenters. The van der Waals surface area contributed by atoms with Crippen LogP contribution in [0.5, 0.6) is 0 Å². The highest BCUT2D eigenvalue weighted by molar-refractivity contribution is 6.11. The molecule has 5 rings (SSSR count). The normalized spacial score (nSPS) is 17.6. The second kappa shape index (κ2) is 5.91. The van der Waals surface area contributed by atoms with Crippen LogP contribution in [0.2, 0.25) is 0 Å². The third-order valence-corrected chi connectivity index (χ3v) is 6.98. The zero-order chi connectivity index (χ0) is 20.6. The summed E-state index contributed by atoms with van der Waals surface area (Å²) in [6.45, 7) is 11.6. The maximum atomic E-state index is 6.76. The Hall–Kier alpha value is -2.68. The Kier molecular flexibility index (Phi) is 3.74. The van der Waals surface area contributed by atoms with Gasteiger partial charge in [0.2, 0.25) is 5.69 Å². The Bertz CT molecular complexity index is 1280. The van der Waals surface area contributed by atoms with E-state index in [2.05, 4.69) is 70.0 Å². The maximum Gasteiger partial charge on any atom is 0.242 e. The van der Waals surface area contributed by atoms with Gasteiger partial charge < -0.3 is 4.42 Å². The minimum absolute atomic E-state index is 0.104. The predicted molar refractivity (Wildman–Crippen MR) is 118 cm³/mol. The first kappa shape index (κ1) is 18.4. The minimum atomic E-state index is 0.104. The first-order valence-corrected chi connectivity index (χ1v) is 10.5. The van der Waals surface area contributed by atoms with Crippen LogP contribution in [-0.2, 0) is 17.9 Å². The quantitative estimate of drug-likeness (QED) is 0.369. The van der Waals surface area contributed by atoms with E-state index in [1.54, 1.807) is 0 Å². The highest BCUT2D eigenvalue weighted by Gasteiger charge is 2.39. The molecule has 0 bridgehead atoms. The van der Waals surface area contributed by atoms with Crippen molar-refractivity contribution >= 4 is 21.9 Å². The molecule has 2 aromatic carbocycles. The number of rotatable bonds is 1. The lowest BCUT2D eigenvalue weighted by atomic mass is 9.63. The zero-order valence-electron chi connectivity index (χ0n) is 18.3. The molecule has 0 amide bonds. The number of aryl methyl sites for hydroxylation is 2. The van der Waals surface area contributed by atoms with Gasteiger partial charge in [0.25, 0.3) is 0 Å². The van der Waals surface area contributed by atoms with Crippen LogP contribution in [0.1, 0.15) is 57.2 Å². The third kappa shape index (κ3) is 2.56. The molecule has 4 aromatic rings. The van der Waals surface area contributed by atoms with Crippen molar-refractivity contribution in [3.8, 4) is 11.3 Å². The van der Waals surface area contributed by atoms with Crippen LogP contribution >= 0.6 is 0 Å². The van der Waals surface area contributed by atoms with Crippen molar-refractivity contribution in [3.63, 3.8) is 0 Å². The summed E-state index contributed by atoms with van der Waals surface area (Å²) in [7, 11) is 1.99. The van der Waals surface area contributed by atoms with Gasteiger partial charge in [0, 0.05) is 22.4 Å². The molecule has 0 fully saturated rings. The second-order valence-corrected chi connectivity index (χ2v) is 9.90. The van der Waals surface area contributed by atoms with Crippen molar-refractivity contribution in [2.45, 2.75) is 58.3 Å². The van der Waals surface area contributed by atoms with E-state index in [1.165, 1.54) is 40.3 Å². The Morgan fingerprint density at radius 1 is 0.897 bits per heavy atom. The van der Waals surface area contributed by atoms with Crippen LogP contribution in [0.25, 0.3) is 33.2 Å². The number of nitrogens with zero attached hydrogens (tertiary/aromatic N) is 2. The highest BCUT2D eigenvalue weighted by Crippen LogP contribution is 2.50. The van der Waals surface area contributed by atoms with E-state index in [1.807, 2.05) is 24.0 Å². The number of hydrogen-bond donors (Lipinski definition) is 0. The second-order valence-electron chi connectivity index (χ2n) is 9.90. The summed E-state index contributed by atoms with van der Waals surface area (Å²) in [5.41, 5.74) is 8.54. The molecule has 3 heteroatoms. The van der Waals surface area contributed by atoms with Crippen molar-refractivity contribution in [2.24, 2.45) is 7.05 Å². The molecular formula is C26H29N2O+. The lowest BCUT2D eigenvalue weighted by Gasteiger charge is -2.41. The molecule has 0 radical (unpaired) electrons. The molecule has 0 N–H and O–H groups in total. The zero-order valence-corrected chi connectivity index (χ0v) is 18.3. The number of furan rings is 1. The molecule has 2 heterocycles. The number of benzene rings is 2. The van der Waals surface area contributed by atoms with Crippen molar-refractivity contribution < 1.29 is 9.10 Å². The van der Waals surface area contributed by atoms with Gasteiger partial charge >= 0.3 is 0 Å². The molecule has 0 saturated heterocycles. The Morgan fingerprint density at radius 3 is 2.34 bits per heavy atom. The first-order valence-electron chi connectivity index (χ1n) is 10.5. The molecule has 2 aromatic heterocycles. The molecule has 0 atom stereocenters. The molecule has 1 aliphatic carbocycles. The molecule has 29 heavy (non-hydrogen) atoms. The number of hydrogen-bond acceptors (Lipinski definition) is 2. The van der Waals surface area contributed by atoms with Crippen LogP contribution in [0.3, 0.4) is 0 Å². The average molecular weight is 386 g/mol. The maximum absolute atomic E-state index is 6.76. The SMILES string of the molecule is Cc1ccc2c(oc3c4c(ccc32)C(C)(C)CCC4(C)C)c1-c1cccn[n+]1C. The third-order valence-electron chi connectivity index (χ3n) is 6.98. The van der Waals surface area contributed by atoms with Crippen molar-refractivity contribution in [3.05, 3.63) is 59.3 Å². The van der Waals surface area contributed by atoms with Crippen LogP contribution in [-0.4, -0.2) is 5.10 Å². The summed E-state index contributed by atoms with van der Waals surface area (Å²) in [6.07, 6.45) is 4.19. The minimum Gasteiger partial charge on any atom is -0.455 e. The van der Waals surface area contributed by atoms with Crippen molar-refractivity contribution in [1.82, 2.24) is 5.10 Å². The molecule has 3 nitrogen and oxygen atoms in total. The summed E-state index contributed by atoms with van der Waals surface area (Å²) >= 11 is 0. The Morgan fingerprint density at radius 2 is 1.59 bits per heavy atom. The van der Waals surface area contributed by atoms with Gasteiger partial charge in [-0.2, -0.15) is 0 Å². The molecule has 148 valence electrons. The van der Waals surface area contributed by atoms with E-state index in [9.17, 15) is 0 Å². The summed E-state index contributed by atoms with van der Waals surface area (Å²) < 4.78 is 8.69. The standard InChI is InChI=1S/C26H29N2O/c1-16-9-10-17-18-11-12-19-22(26(4,5)14-13-25(19,2)3)24(18)29-23(17)21(16)20-8-7-15-27-28(20)6/h7-12,15H,13-14H2,1-6H3/q+1. The fourth-order valence-corrected chi connectivity index (χ4v) is 5.13. The molecule has 0 saturated carbocycles. The summed E-state index contributed by atoms with van der Waals surface area (Å²) in [6, 6.07) is 13.1. The summed E-state index contributed by atoms with van der Waals surface area (Å²) in [5.74, 6) is 0. The monoisotopic (exact) mass is 385 g/mol. The Labute approximate surface area is 172 Å². The fraction of sp³-hybridized carbons (Fsp3) is 0.385. The van der Waals surface area contributed by atoms with Gasteiger partial charge in [-0.05, 0) is 52.9 Å². The van der Waals surface area contributed by atoms with E-state index < -0.39 is 0 Å². The van der Waals surface area contributed by atoms with Crippen molar-refractivity contribution in [2.75, 3.05) is 0 Å². The molecule has 1 aliphatic rings. The van der Waals surface area contributed by atoms with Gasteiger partial charge in [-0.3, -0.25) is 0 Å². The van der Waals surface area contributed by atoms with E-state index in [0.29, 0.717) is 0 Å². The number of aromatic nitrogens is 2. The summed E-state index contributed by atoms with van der Waals surface area (Å²) in [4.78, 5) is 0. The first-order chi connectivity index (χ1) is 13.7. The van der Waals surface area contributed by atoms with Crippen LogP contribution in [0.4, 0.5) is 0 Å².